The van der Waals surface area contributed by atoms with Crippen LogP contribution >= 0.6 is 15.9 Å². The fraction of sp³-hybridized carbons (Fsp3) is 0.273. The molecule has 1 aliphatic rings. The zero-order chi connectivity index (χ0) is 11.8. The molecule has 0 radical (unpaired) electrons. The number of halogens is 3. The summed E-state index contributed by atoms with van der Waals surface area (Å²) in [5, 5.41) is 12.0. The van der Waals surface area contributed by atoms with Crippen molar-refractivity contribution < 1.29 is 13.9 Å². The summed E-state index contributed by atoms with van der Waals surface area (Å²) in [6.07, 6.45) is 1.28. The highest BCUT2D eigenvalue weighted by Crippen LogP contribution is 2.42. The average molecular weight is 290 g/mol. The standard InChI is InChI=1S/C11H10BrF2NO/c12-11(13,14)10(16)6-9(7-15-10)8-4-2-1-3-5-8/h1-5,7,15-16H,6H2. The molecule has 0 spiro atoms. The molecule has 0 fully saturated rings. The molecule has 1 unspecified atom stereocenters. The summed E-state index contributed by atoms with van der Waals surface area (Å²) in [6, 6.07) is 9.11. The van der Waals surface area contributed by atoms with Crippen LogP contribution in [0.15, 0.2) is 36.5 Å². The van der Waals surface area contributed by atoms with Crippen LogP contribution in [-0.2, 0) is 0 Å². The van der Waals surface area contributed by atoms with Crippen LogP contribution in [0, 0.1) is 0 Å². The molecule has 2 N–H and O–H groups in total. The van der Waals surface area contributed by atoms with E-state index in [1.165, 1.54) is 6.20 Å². The van der Waals surface area contributed by atoms with Gasteiger partial charge in [-0.3, -0.25) is 0 Å². The normalized spacial score (nSPS) is 25.1. The van der Waals surface area contributed by atoms with E-state index in [-0.39, 0.29) is 6.42 Å². The molecule has 0 bridgehead atoms. The van der Waals surface area contributed by atoms with Crippen molar-refractivity contribution in [1.29, 1.82) is 0 Å². The van der Waals surface area contributed by atoms with Gasteiger partial charge < -0.3 is 10.4 Å². The van der Waals surface area contributed by atoms with Crippen molar-refractivity contribution in [2.75, 3.05) is 0 Å². The lowest BCUT2D eigenvalue weighted by atomic mass is 10.0. The van der Waals surface area contributed by atoms with Gasteiger partial charge in [0.1, 0.15) is 0 Å². The molecular formula is C11H10BrF2NO. The minimum Gasteiger partial charge on any atom is -0.365 e. The second-order valence-electron chi connectivity index (χ2n) is 3.71. The quantitative estimate of drug-likeness (QED) is 0.821. The second kappa shape index (κ2) is 3.82. The summed E-state index contributed by atoms with van der Waals surface area (Å²) in [4.78, 5) is -3.37. The van der Waals surface area contributed by atoms with Gasteiger partial charge in [0.2, 0.25) is 5.72 Å². The molecular weight excluding hydrogens is 280 g/mol. The number of rotatable bonds is 2. The third-order valence-electron chi connectivity index (χ3n) is 2.54. The van der Waals surface area contributed by atoms with E-state index in [0.717, 1.165) is 5.56 Å². The molecule has 16 heavy (non-hydrogen) atoms. The van der Waals surface area contributed by atoms with E-state index in [1.807, 2.05) is 30.3 Å². The first-order chi connectivity index (χ1) is 7.42. The lowest BCUT2D eigenvalue weighted by Crippen LogP contribution is -2.51. The third kappa shape index (κ3) is 1.97. The summed E-state index contributed by atoms with van der Waals surface area (Å²) >= 11 is 2.18. The lowest BCUT2D eigenvalue weighted by molar-refractivity contribution is -0.121. The highest BCUT2D eigenvalue weighted by atomic mass is 79.9. The van der Waals surface area contributed by atoms with Crippen LogP contribution in [-0.4, -0.2) is 15.7 Å². The minimum absolute atomic E-state index is 0.144. The Kier molecular flexibility index (Phi) is 2.75. The predicted octanol–water partition coefficient (Wildman–Crippen LogP) is 2.70. The summed E-state index contributed by atoms with van der Waals surface area (Å²) < 4.78 is 26.1. The first-order valence-electron chi connectivity index (χ1n) is 4.74. The SMILES string of the molecule is OC1(C(F)(F)Br)CC(c2ccccc2)=CN1. The highest BCUT2D eigenvalue weighted by molar-refractivity contribution is 9.10. The molecule has 1 aromatic carbocycles. The maximum Gasteiger partial charge on any atom is 0.347 e. The fourth-order valence-electron chi connectivity index (χ4n) is 1.60. The van der Waals surface area contributed by atoms with Gasteiger partial charge in [-0.2, -0.15) is 8.78 Å². The topological polar surface area (TPSA) is 32.3 Å². The van der Waals surface area contributed by atoms with Crippen molar-refractivity contribution in [3.05, 3.63) is 42.1 Å². The smallest absolute Gasteiger partial charge is 0.347 e. The van der Waals surface area contributed by atoms with Gasteiger partial charge in [0.15, 0.2) is 0 Å². The molecule has 1 aromatic rings. The maximum atomic E-state index is 13.1. The zero-order valence-corrected chi connectivity index (χ0v) is 9.84. The van der Waals surface area contributed by atoms with Crippen LogP contribution in [0.4, 0.5) is 8.78 Å². The Morgan fingerprint density at radius 2 is 1.94 bits per heavy atom. The van der Waals surface area contributed by atoms with Gasteiger partial charge in [0.05, 0.1) is 0 Å². The van der Waals surface area contributed by atoms with E-state index in [2.05, 4.69) is 21.2 Å². The van der Waals surface area contributed by atoms with Crippen LogP contribution in [0.1, 0.15) is 12.0 Å². The van der Waals surface area contributed by atoms with Crippen molar-refractivity contribution in [3.63, 3.8) is 0 Å². The van der Waals surface area contributed by atoms with Crippen LogP contribution in [0.25, 0.3) is 5.57 Å². The molecule has 0 saturated heterocycles. The lowest BCUT2D eigenvalue weighted by Gasteiger charge is -2.28. The van der Waals surface area contributed by atoms with E-state index in [0.29, 0.717) is 5.57 Å². The first kappa shape index (κ1) is 11.5. The number of hydrogen-bond donors (Lipinski definition) is 2. The van der Waals surface area contributed by atoms with Gasteiger partial charge in [0, 0.05) is 12.6 Å². The van der Waals surface area contributed by atoms with Gasteiger partial charge in [0.25, 0.3) is 0 Å². The number of alkyl halides is 3. The van der Waals surface area contributed by atoms with Crippen molar-refractivity contribution in [3.8, 4) is 0 Å². The van der Waals surface area contributed by atoms with Crippen LogP contribution < -0.4 is 5.32 Å². The molecule has 0 amide bonds. The van der Waals surface area contributed by atoms with Gasteiger partial charge in [-0.15, -0.1) is 0 Å². The summed E-state index contributed by atoms with van der Waals surface area (Å²) in [7, 11) is 0. The highest BCUT2D eigenvalue weighted by Gasteiger charge is 2.53. The number of benzene rings is 1. The Labute approximate surface area is 100 Å². The maximum absolute atomic E-state index is 13.1. The average Bonchev–Trinajstić information content (AvgIpc) is 2.63. The summed E-state index contributed by atoms with van der Waals surface area (Å²) in [6.45, 7) is 0. The van der Waals surface area contributed by atoms with E-state index in [9.17, 15) is 13.9 Å². The van der Waals surface area contributed by atoms with Crippen molar-refractivity contribution >= 4 is 21.5 Å². The molecule has 0 saturated carbocycles. The van der Waals surface area contributed by atoms with Crippen LogP contribution in [0.3, 0.4) is 0 Å². The van der Waals surface area contributed by atoms with E-state index >= 15 is 0 Å². The molecule has 2 nitrogen and oxygen atoms in total. The summed E-state index contributed by atoms with van der Waals surface area (Å²) in [5.41, 5.74) is -0.775. The zero-order valence-electron chi connectivity index (χ0n) is 8.25. The van der Waals surface area contributed by atoms with E-state index < -0.39 is 10.6 Å². The molecule has 1 aliphatic heterocycles. The molecule has 1 heterocycles. The van der Waals surface area contributed by atoms with Crippen molar-refractivity contribution in [1.82, 2.24) is 5.32 Å². The molecule has 0 aromatic heterocycles. The third-order valence-corrected chi connectivity index (χ3v) is 3.20. The number of hydrogen-bond acceptors (Lipinski definition) is 2. The van der Waals surface area contributed by atoms with Crippen molar-refractivity contribution in [2.45, 2.75) is 17.0 Å². The number of aliphatic hydroxyl groups is 1. The Hall–Kier alpha value is -0.940. The molecule has 1 atom stereocenters. The molecule has 5 heteroatoms. The van der Waals surface area contributed by atoms with Crippen LogP contribution in [0.2, 0.25) is 0 Å². The Bertz CT molecular complexity index is 416. The summed E-state index contributed by atoms with van der Waals surface area (Å²) in [5.74, 6) is 0. The van der Waals surface area contributed by atoms with Gasteiger partial charge in [-0.05, 0) is 27.1 Å². The molecule has 0 aliphatic carbocycles. The largest absolute Gasteiger partial charge is 0.365 e. The van der Waals surface area contributed by atoms with E-state index in [4.69, 9.17) is 0 Å². The van der Waals surface area contributed by atoms with Crippen LogP contribution in [0.5, 0.6) is 0 Å². The monoisotopic (exact) mass is 289 g/mol. The Morgan fingerprint density at radius 3 is 2.44 bits per heavy atom. The number of nitrogens with one attached hydrogen (secondary N) is 1. The van der Waals surface area contributed by atoms with Gasteiger partial charge >= 0.3 is 4.83 Å². The fourth-order valence-corrected chi connectivity index (χ4v) is 1.86. The molecule has 86 valence electrons. The van der Waals surface area contributed by atoms with Gasteiger partial charge in [-0.1, -0.05) is 30.3 Å². The van der Waals surface area contributed by atoms with Crippen molar-refractivity contribution in [2.24, 2.45) is 0 Å². The first-order valence-corrected chi connectivity index (χ1v) is 5.53. The van der Waals surface area contributed by atoms with Gasteiger partial charge in [-0.25, -0.2) is 0 Å². The predicted molar refractivity (Wildman–Crippen MR) is 61.0 cm³/mol. The Balaban J connectivity index is 2.20. The molecule has 2 rings (SSSR count). The minimum atomic E-state index is -3.37. The second-order valence-corrected chi connectivity index (χ2v) is 4.71. The Morgan fingerprint density at radius 1 is 1.31 bits per heavy atom. The van der Waals surface area contributed by atoms with E-state index in [1.54, 1.807) is 0 Å².